The number of benzene rings is 8. The first-order valence-electron chi connectivity index (χ1n) is 17.9. The van der Waals surface area contributed by atoms with Gasteiger partial charge in [0.15, 0.2) is 0 Å². The Morgan fingerprint density at radius 3 is 1.67 bits per heavy atom. The highest BCUT2D eigenvalue weighted by Crippen LogP contribution is 2.57. The third-order valence-corrected chi connectivity index (χ3v) is 10.8. The Kier molecular flexibility index (Phi) is 7.44. The van der Waals surface area contributed by atoms with Gasteiger partial charge in [-0.3, -0.25) is 0 Å². The van der Waals surface area contributed by atoms with Gasteiger partial charge in [-0.1, -0.05) is 166 Å². The summed E-state index contributed by atoms with van der Waals surface area (Å²) >= 11 is 0. The Labute approximate surface area is 301 Å². The quantitative estimate of drug-likeness (QED) is 0.173. The highest BCUT2D eigenvalue weighted by Gasteiger charge is 2.39. The van der Waals surface area contributed by atoms with E-state index in [4.69, 9.17) is 0 Å². The fourth-order valence-electron chi connectivity index (χ4n) is 8.22. The number of anilines is 3. The van der Waals surface area contributed by atoms with Gasteiger partial charge < -0.3 is 4.90 Å². The van der Waals surface area contributed by atoms with Crippen LogP contribution in [0.2, 0.25) is 0 Å². The van der Waals surface area contributed by atoms with E-state index in [0.29, 0.717) is 0 Å². The monoisotopic (exact) mass is 653 g/mol. The van der Waals surface area contributed by atoms with Crippen LogP contribution in [0.25, 0.3) is 55.3 Å². The second-order valence-electron chi connectivity index (χ2n) is 14.2. The first kappa shape index (κ1) is 30.8. The molecule has 51 heavy (non-hydrogen) atoms. The summed E-state index contributed by atoms with van der Waals surface area (Å²) in [5.41, 5.74) is 17.3. The van der Waals surface area contributed by atoms with Gasteiger partial charge in [0.2, 0.25) is 0 Å². The minimum absolute atomic E-state index is 0.131. The van der Waals surface area contributed by atoms with Crippen molar-refractivity contribution in [3.05, 3.63) is 199 Å². The van der Waals surface area contributed by atoms with Crippen LogP contribution in [0.5, 0.6) is 0 Å². The zero-order chi connectivity index (χ0) is 34.5. The zero-order valence-electron chi connectivity index (χ0n) is 29.3. The molecule has 8 aromatic carbocycles. The molecule has 0 fully saturated rings. The minimum atomic E-state index is -0.131. The molecule has 0 saturated carbocycles. The molecule has 1 nitrogen and oxygen atoms in total. The lowest BCUT2D eigenvalue weighted by molar-refractivity contribution is 0.661. The molecule has 0 unspecified atom stereocenters. The summed E-state index contributed by atoms with van der Waals surface area (Å²) in [5.74, 6) is 0. The van der Waals surface area contributed by atoms with E-state index in [1.54, 1.807) is 0 Å². The van der Waals surface area contributed by atoms with Gasteiger partial charge in [-0.25, -0.2) is 0 Å². The molecule has 0 bridgehead atoms. The van der Waals surface area contributed by atoms with E-state index < -0.39 is 0 Å². The molecule has 0 heterocycles. The van der Waals surface area contributed by atoms with Crippen LogP contribution in [0, 0.1) is 6.92 Å². The maximum atomic E-state index is 2.52. The zero-order valence-corrected chi connectivity index (χ0v) is 29.3. The summed E-state index contributed by atoms with van der Waals surface area (Å²) in [6.45, 7) is 7.00. The molecule has 8 aromatic rings. The third kappa shape index (κ3) is 5.16. The predicted molar refractivity (Wildman–Crippen MR) is 217 cm³/mol. The lowest BCUT2D eigenvalue weighted by Crippen LogP contribution is -2.17. The molecule has 1 aliphatic rings. The van der Waals surface area contributed by atoms with Crippen LogP contribution in [0.15, 0.2) is 182 Å². The van der Waals surface area contributed by atoms with E-state index in [0.717, 1.165) is 5.69 Å². The number of nitrogens with zero attached hydrogens (tertiary/aromatic N) is 1. The van der Waals surface area contributed by atoms with Gasteiger partial charge >= 0.3 is 0 Å². The molecule has 0 atom stereocenters. The van der Waals surface area contributed by atoms with E-state index in [2.05, 4.69) is 208 Å². The molecule has 9 rings (SSSR count). The number of aryl methyl sites for hydroxylation is 1. The van der Waals surface area contributed by atoms with Gasteiger partial charge in [-0.15, -0.1) is 0 Å². The maximum absolute atomic E-state index is 2.52. The molecule has 1 aliphatic carbocycles. The molecule has 1 heteroatoms. The van der Waals surface area contributed by atoms with Crippen molar-refractivity contribution in [1.29, 1.82) is 0 Å². The summed E-state index contributed by atoms with van der Waals surface area (Å²) in [6, 6.07) is 66.6. The molecule has 0 amide bonds. The van der Waals surface area contributed by atoms with E-state index in [9.17, 15) is 0 Å². The van der Waals surface area contributed by atoms with Crippen LogP contribution in [0.1, 0.15) is 30.5 Å². The lowest BCUT2D eigenvalue weighted by Gasteiger charge is -2.32. The van der Waals surface area contributed by atoms with Crippen molar-refractivity contribution >= 4 is 27.8 Å². The Morgan fingerprint density at radius 1 is 0.431 bits per heavy atom. The van der Waals surface area contributed by atoms with Crippen LogP contribution < -0.4 is 4.90 Å². The first-order valence-corrected chi connectivity index (χ1v) is 17.9. The van der Waals surface area contributed by atoms with Crippen molar-refractivity contribution in [3.63, 3.8) is 0 Å². The molecule has 0 radical (unpaired) electrons. The Hall–Kier alpha value is -6.18. The number of hydrogen-bond donors (Lipinski definition) is 0. The van der Waals surface area contributed by atoms with Gasteiger partial charge in [-0.2, -0.15) is 0 Å². The van der Waals surface area contributed by atoms with E-state index >= 15 is 0 Å². The standard InChI is InChI=1S/C50H39N/c1-34-32-38(35-16-6-4-7-17-35)28-31-47(34)51(40-29-26-37(27-30-40)42-22-13-12-21-41(42)36-18-8-5-9-19-36)49-43-23-11-10-20-39(43)33-46-48(49)44-24-14-15-25-45(44)50(46,2)3/h4-33H,1-3H3. The molecule has 244 valence electrons. The van der Waals surface area contributed by atoms with Gasteiger partial charge in [0.05, 0.1) is 5.69 Å². The Balaban J connectivity index is 1.29. The van der Waals surface area contributed by atoms with E-state index in [1.165, 1.54) is 83.3 Å². The van der Waals surface area contributed by atoms with Crippen LogP contribution in [0.3, 0.4) is 0 Å². The van der Waals surface area contributed by atoms with Crippen LogP contribution >= 0.6 is 0 Å². The average Bonchev–Trinajstić information content (AvgIpc) is 3.41. The molecule has 0 N–H and O–H groups in total. The summed E-state index contributed by atoms with van der Waals surface area (Å²) in [6.07, 6.45) is 0. The van der Waals surface area contributed by atoms with Crippen molar-refractivity contribution in [2.75, 3.05) is 4.90 Å². The van der Waals surface area contributed by atoms with Gasteiger partial charge in [0.1, 0.15) is 0 Å². The Bertz CT molecular complexity index is 2540. The van der Waals surface area contributed by atoms with Crippen LogP contribution in [-0.2, 0) is 5.41 Å². The summed E-state index contributed by atoms with van der Waals surface area (Å²) in [7, 11) is 0. The SMILES string of the molecule is Cc1cc(-c2ccccc2)ccc1N(c1ccc(-c2ccccc2-c2ccccc2)cc1)c1c2c(cc3ccccc13)C(C)(C)c1ccccc1-2. The second-order valence-corrected chi connectivity index (χ2v) is 14.2. The average molecular weight is 654 g/mol. The fourth-order valence-corrected chi connectivity index (χ4v) is 8.22. The smallest absolute Gasteiger partial charge is 0.0621 e. The van der Waals surface area contributed by atoms with Crippen LogP contribution in [0.4, 0.5) is 17.1 Å². The molecular formula is C50H39N. The van der Waals surface area contributed by atoms with Crippen molar-refractivity contribution < 1.29 is 0 Å². The number of fused-ring (bicyclic) bond motifs is 4. The normalized spacial score (nSPS) is 12.8. The molecule has 0 aromatic heterocycles. The van der Waals surface area contributed by atoms with Gasteiger partial charge in [0.25, 0.3) is 0 Å². The first-order chi connectivity index (χ1) is 25.0. The number of rotatable bonds is 6. The number of hydrogen-bond acceptors (Lipinski definition) is 1. The topological polar surface area (TPSA) is 3.24 Å². The van der Waals surface area contributed by atoms with Crippen LogP contribution in [-0.4, -0.2) is 0 Å². The van der Waals surface area contributed by atoms with Crippen molar-refractivity contribution in [2.45, 2.75) is 26.2 Å². The molecule has 0 saturated heterocycles. The largest absolute Gasteiger partial charge is 0.309 e. The predicted octanol–water partition coefficient (Wildman–Crippen LogP) is 13.9. The van der Waals surface area contributed by atoms with E-state index in [-0.39, 0.29) is 5.41 Å². The van der Waals surface area contributed by atoms with Crippen molar-refractivity contribution in [3.8, 4) is 44.5 Å². The van der Waals surface area contributed by atoms with Crippen molar-refractivity contribution in [1.82, 2.24) is 0 Å². The van der Waals surface area contributed by atoms with E-state index in [1.807, 2.05) is 0 Å². The van der Waals surface area contributed by atoms with Crippen molar-refractivity contribution in [2.24, 2.45) is 0 Å². The lowest BCUT2D eigenvalue weighted by atomic mass is 9.81. The molecular weight excluding hydrogens is 615 g/mol. The Morgan fingerprint density at radius 2 is 0.980 bits per heavy atom. The van der Waals surface area contributed by atoms with Gasteiger partial charge in [-0.05, 0) is 98.3 Å². The highest BCUT2D eigenvalue weighted by molar-refractivity contribution is 6.10. The fraction of sp³-hybridized carbons (Fsp3) is 0.0800. The summed E-state index contributed by atoms with van der Waals surface area (Å²) in [4.78, 5) is 2.52. The highest BCUT2D eigenvalue weighted by atomic mass is 15.1. The summed E-state index contributed by atoms with van der Waals surface area (Å²) in [5, 5.41) is 2.50. The summed E-state index contributed by atoms with van der Waals surface area (Å²) < 4.78 is 0. The van der Waals surface area contributed by atoms with Gasteiger partial charge in [0, 0.05) is 27.7 Å². The second kappa shape index (κ2) is 12.3. The maximum Gasteiger partial charge on any atom is 0.0621 e. The molecule has 0 aliphatic heterocycles. The third-order valence-electron chi connectivity index (χ3n) is 10.8. The minimum Gasteiger partial charge on any atom is -0.309 e. The molecule has 0 spiro atoms.